The summed E-state index contributed by atoms with van der Waals surface area (Å²) >= 11 is 0. The molecule has 3 atom stereocenters. The fourth-order valence-electron chi connectivity index (χ4n) is 5.50. The molecule has 3 N–H and O–H groups in total. The molecule has 2 fully saturated rings. The van der Waals surface area contributed by atoms with Crippen molar-refractivity contribution in [2.24, 2.45) is 5.73 Å². The highest BCUT2D eigenvalue weighted by Crippen LogP contribution is 2.43. The molecule has 4 rings (SSSR count). The summed E-state index contributed by atoms with van der Waals surface area (Å²) in [5.41, 5.74) is 6.92. The Balaban J connectivity index is 1.39. The molecule has 0 saturated carbocycles. The smallest absolute Gasteiger partial charge is 0.387 e. The van der Waals surface area contributed by atoms with Crippen molar-refractivity contribution in [2.75, 3.05) is 19.7 Å². The number of amides is 2. The monoisotopic (exact) mass is 489 g/mol. The number of carbonyl (C=O) groups is 2. The number of aliphatic hydroxyl groups excluding tert-OH is 1. The van der Waals surface area contributed by atoms with Gasteiger partial charge in [0.2, 0.25) is 11.8 Å². The summed E-state index contributed by atoms with van der Waals surface area (Å²) in [6.07, 6.45) is -0.393. The molecule has 2 amide bonds. The number of hydrogen-bond donors (Lipinski definition) is 2. The normalized spacial score (nSPS) is 22.2. The van der Waals surface area contributed by atoms with Crippen LogP contribution in [-0.4, -0.2) is 58.5 Å². The number of alkyl halides is 3. The molecule has 0 radical (unpaired) electrons. The molecule has 9 heteroatoms. The first-order valence-electron chi connectivity index (χ1n) is 11.9. The molecule has 2 heterocycles. The molecule has 2 bridgehead atoms. The van der Waals surface area contributed by atoms with Crippen molar-refractivity contribution in [3.8, 4) is 0 Å². The van der Waals surface area contributed by atoms with Crippen molar-refractivity contribution in [2.45, 2.75) is 56.4 Å². The standard InChI is InChI=1S/C26H30F3N3O3/c27-26(28,29)21-6-4-17(5-7-21)15-31(24(34)16-33)10-11-32-22-8-9-23(32)14-20(13-22)18-2-1-3-19(12-18)25(30)35/h1-7,12,20,22-23,33H,8-11,13-16H2,(H2,30,35)/t20?,22-,23+. The Labute approximate surface area is 202 Å². The van der Waals surface area contributed by atoms with Gasteiger partial charge in [-0.05, 0) is 67.0 Å². The van der Waals surface area contributed by atoms with E-state index in [1.165, 1.54) is 17.0 Å². The highest BCUT2D eigenvalue weighted by Gasteiger charge is 2.41. The van der Waals surface area contributed by atoms with E-state index in [-0.39, 0.29) is 6.54 Å². The van der Waals surface area contributed by atoms with E-state index in [9.17, 15) is 27.9 Å². The number of halogens is 3. The molecule has 35 heavy (non-hydrogen) atoms. The number of hydrogen-bond acceptors (Lipinski definition) is 4. The lowest BCUT2D eigenvalue weighted by Gasteiger charge is -2.40. The Morgan fingerprint density at radius 1 is 1.06 bits per heavy atom. The minimum Gasteiger partial charge on any atom is -0.387 e. The van der Waals surface area contributed by atoms with Crippen LogP contribution >= 0.6 is 0 Å². The van der Waals surface area contributed by atoms with Gasteiger partial charge >= 0.3 is 6.18 Å². The zero-order valence-electron chi connectivity index (χ0n) is 19.4. The Morgan fingerprint density at radius 2 is 1.71 bits per heavy atom. The molecule has 2 aliphatic heterocycles. The minimum absolute atomic E-state index is 0.142. The van der Waals surface area contributed by atoms with Gasteiger partial charge in [-0.1, -0.05) is 24.3 Å². The predicted octanol–water partition coefficient (Wildman–Crippen LogP) is 3.54. The van der Waals surface area contributed by atoms with Gasteiger partial charge < -0.3 is 15.7 Å². The SMILES string of the molecule is NC(=O)c1cccc(C2C[C@H]3CC[C@@H](C2)N3CCN(Cc2ccc(C(F)(F)F)cc2)C(=O)CO)c1. The second-order valence-corrected chi connectivity index (χ2v) is 9.45. The van der Waals surface area contributed by atoms with E-state index >= 15 is 0 Å². The molecular formula is C26H30F3N3O3. The summed E-state index contributed by atoms with van der Waals surface area (Å²) < 4.78 is 38.5. The number of rotatable bonds is 8. The molecule has 188 valence electrons. The van der Waals surface area contributed by atoms with Gasteiger partial charge in [-0.2, -0.15) is 13.2 Å². The third-order valence-electron chi connectivity index (χ3n) is 7.30. The van der Waals surface area contributed by atoms with Gasteiger partial charge in [0.15, 0.2) is 0 Å². The van der Waals surface area contributed by atoms with Gasteiger partial charge in [-0.15, -0.1) is 0 Å². The molecule has 2 saturated heterocycles. The summed E-state index contributed by atoms with van der Waals surface area (Å²) in [6.45, 7) is 0.514. The van der Waals surface area contributed by atoms with Gasteiger partial charge in [-0.25, -0.2) is 0 Å². The van der Waals surface area contributed by atoms with Crippen LogP contribution in [0.25, 0.3) is 0 Å². The Morgan fingerprint density at radius 3 is 2.29 bits per heavy atom. The zero-order chi connectivity index (χ0) is 25.2. The minimum atomic E-state index is -4.41. The molecule has 6 nitrogen and oxygen atoms in total. The quantitative estimate of drug-likeness (QED) is 0.594. The van der Waals surface area contributed by atoms with Crippen LogP contribution in [0.5, 0.6) is 0 Å². The molecule has 0 aromatic heterocycles. The van der Waals surface area contributed by atoms with E-state index < -0.39 is 30.2 Å². The first-order chi connectivity index (χ1) is 16.7. The van der Waals surface area contributed by atoms with E-state index in [0.717, 1.165) is 43.4 Å². The summed E-state index contributed by atoms with van der Waals surface area (Å²) in [7, 11) is 0. The number of benzene rings is 2. The molecule has 2 aromatic carbocycles. The van der Waals surface area contributed by atoms with E-state index in [2.05, 4.69) is 4.90 Å². The van der Waals surface area contributed by atoms with Crippen LogP contribution in [0.3, 0.4) is 0 Å². The maximum Gasteiger partial charge on any atom is 0.416 e. The third kappa shape index (κ3) is 5.85. The van der Waals surface area contributed by atoms with Gasteiger partial charge in [0.05, 0.1) is 5.56 Å². The zero-order valence-corrected chi connectivity index (χ0v) is 19.4. The number of primary amides is 1. The second kappa shape index (κ2) is 10.4. The highest BCUT2D eigenvalue weighted by atomic mass is 19.4. The predicted molar refractivity (Wildman–Crippen MR) is 124 cm³/mol. The second-order valence-electron chi connectivity index (χ2n) is 9.45. The average Bonchev–Trinajstić information content (AvgIpc) is 3.07. The lowest BCUT2D eigenvalue weighted by Crippen LogP contribution is -2.47. The van der Waals surface area contributed by atoms with Crippen molar-refractivity contribution in [3.63, 3.8) is 0 Å². The Kier molecular flexibility index (Phi) is 7.47. The lowest BCUT2D eigenvalue weighted by molar-refractivity contribution is -0.138. The van der Waals surface area contributed by atoms with Crippen LogP contribution in [0.15, 0.2) is 48.5 Å². The largest absolute Gasteiger partial charge is 0.416 e. The van der Waals surface area contributed by atoms with E-state index in [4.69, 9.17) is 5.73 Å². The van der Waals surface area contributed by atoms with Crippen molar-refractivity contribution < 1.29 is 27.9 Å². The van der Waals surface area contributed by atoms with E-state index in [1.807, 2.05) is 18.2 Å². The van der Waals surface area contributed by atoms with Gasteiger partial charge in [0.25, 0.3) is 0 Å². The van der Waals surface area contributed by atoms with Gasteiger partial charge in [0.1, 0.15) is 6.61 Å². The van der Waals surface area contributed by atoms with Crippen molar-refractivity contribution in [1.29, 1.82) is 0 Å². The Bertz CT molecular complexity index is 1040. The van der Waals surface area contributed by atoms with Crippen molar-refractivity contribution in [3.05, 3.63) is 70.8 Å². The van der Waals surface area contributed by atoms with Crippen molar-refractivity contribution >= 4 is 11.8 Å². The summed E-state index contributed by atoms with van der Waals surface area (Å²) in [5, 5.41) is 9.42. The van der Waals surface area contributed by atoms with Crippen molar-refractivity contribution in [1.82, 2.24) is 9.80 Å². The van der Waals surface area contributed by atoms with Gasteiger partial charge in [0, 0.05) is 37.3 Å². The van der Waals surface area contributed by atoms with E-state index in [0.29, 0.717) is 42.2 Å². The topological polar surface area (TPSA) is 86.9 Å². The van der Waals surface area contributed by atoms with E-state index in [1.54, 1.807) is 6.07 Å². The number of nitrogens with zero attached hydrogens (tertiary/aromatic N) is 2. The lowest BCUT2D eigenvalue weighted by atomic mass is 9.84. The van der Waals surface area contributed by atoms with Crippen LogP contribution in [0.2, 0.25) is 0 Å². The maximum absolute atomic E-state index is 12.8. The molecule has 0 aliphatic carbocycles. The summed E-state index contributed by atoms with van der Waals surface area (Å²) in [6, 6.07) is 13.0. The maximum atomic E-state index is 12.8. The van der Waals surface area contributed by atoms with Crippen LogP contribution in [-0.2, 0) is 17.5 Å². The third-order valence-corrected chi connectivity index (χ3v) is 7.30. The first kappa shape index (κ1) is 25.2. The van der Waals surface area contributed by atoms with Crippen LogP contribution < -0.4 is 5.73 Å². The first-order valence-corrected chi connectivity index (χ1v) is 11.9. The van der Waals surface area contributed by atoms with Crippen LogP contribution in [0.1, 0.15) is 58.6 Å². The number of carbonyl (C=O) groups excluding carboxylic acids is 2. The molecule has 1 unspecified atom stereocenters. The summed E-state index contributed by atoms with van der Waals surface area (Å²) in [5.74, 6) is -0.547. The fraction of sp³-hybridized carbons (Fsp3) is 0.462. The number of aliphatic hydroxyl groups is 1. The molecule has 2 aliphatic rings. The molecule has 0 spiro atoms. The fourth-order valence-corrected chi connectivity index (χ4v) is 5.50. The number of piperidine rings is 1. The number of nitrogens with two attached hydrogens (primary N) is 1. The Hall–Kier alpha value is -2.91. The highest BCUT2D eigenvalue weighted by molar-refractivity contribution is 5.92. The average molecular weight is 490 g/mol. The van der Waals surface area contributed by atoms with Gasteiger partial charge in [-0.3, -0.25) is 14.5 Å². The summed E-state index contributed by atoms with van der Waals surface area (Å²) in [4.78, 5) is 27.8. The van der Waals surface area contributed by atoms with Crippen LogP contribution in [0.4, 0.5) is 13.2 Å². The molecular weight excluding hydrogens is 459 g/mol. The molecule has 2 aromatic rings. The number of fused-ring (bicyclic) bond motifs is 2. The van der Waals surface area contributed by atoms with Crippen LogP contribution in [0, 0.1) is 0 Å².